The summed E-state index contributed by atoms with van der Waals surface area (Å²) in [4.78, 5) is 13.7. The van der Waals surface area contributed by atoms with E-state index >= 15 is 0 Å². The van der Waals surface area contributed by atoms with E-state index in [2.05, 4.69) is 5.32 Å². The standard InChI is InChI=1S/C19H17F4N3O/c1-2-9-26(12-18(27)25-15-6-4-14(20)5-7-15)16-8-3-13(11-24)17(10-16)19(21,22)23/h3-8,10H,2,9,12H2,1H3,(H,25,27). The van der Waals surface area contributed by atoms with Crippen LogP contribution in [0.25, 0.3) is 0 Å². The quantitative estimate of drug-likeness (QED) is 0.748. The second-order valence-electron chi connectivity index (χ2n) is 5.82. The molecule has 0 atom stereocenters. The third-order valence-electron chi connectivity index (χ3n) is 3.75. The largest absolute Gasteiger partial charge is 0.417 e. The van der Waals surface area contributed by atoms with Gasteiger partial charge in [0.2, 0.25) is 5.91 Å². The Balaban J connectivity index is 2.22. The van der Waals surface area contributed by atoms with E-state index in [1.165, 1.54) is 41.3 Å². The average molecular weight is 379 g/mol. The summed E-state index contributed by atoms with van der Waals surface area (Å²) in [6, 6.07) is 10.0. The molecule has 4 nitrogen and oxygen atoms in total. The molecule has 0 aliphatic heterocycles. The molecule has 0 radical (unpaired) electrons. The number of halogens is 4. The van der Waals surface area contributed by atoms with Crippen molar-refractivity contribution in [2.24, 2.45) is 0 Å². The minimum atomic E-state index is -4.67. The van der Waals surface area contributed by atoms with Gasteiger partial charge in [0.05, 0.1) is 23.7 Å². The molecule has 1 N–H and O–H groups in total. The van der Waals surface area contributed by atoms with Crippen LogP contribution in [0.1, 0.15) is 24.5 Å². The van der Waals surface area contributed by atoms with E-state index in [1.54, 1.807) is 0 Å². The summed E-state index contributed by atoms with van der Waals surface area (Å²) in [5.41, 5.74) is -0.938. The van der Waals surface area contributed by atoms with E-state index in [1.807, 2.05) is 6.92 Å². The maximum absolute atomic E-state index is 13.2. The van der Waals surface area contributed by atoms with Crippen molar-refractivity contribution in [3.05, 3.63) is 59.4 Å². The van der Waals surface area contributed by atoms with Gasteiger partial charge in [-0.25, -0.2) is 4.39 Å². The lowest BCUT2D eigenvalue weighted by molar-refractivity contribution is -0.137. The van der Waals surface area contributed by atoms with Crippen molar-refractivity contribution in [2.45, 2.75) is 19.5 Å². The van der Waals surface area contributed by atoms with Crippen LogP contribution in [0.5, 0.6) is 0 Å². The molecular weight excluding hydrogens is 362 g/mol. The van der Waals surface area contributed by atoms with Crippen LogP contribution >= 0.6 is 0 Å². The fraction of sp³-hybridized carbons (Fsp3) is 0.263. The van der Waals surface area contributed by atoms with Crippen LogP contribution in [-0.2, 0) is 11.0 Å². The molecule has 0 aromatic heterocycles. The van der Waals surface area contributed by atoms with E-state index < -0.39 is 29.0 Å². The Bertz CT molecular complexity index is 842. The van der Waals surface area contributed by atoms with Gasteiger partial charge in [0.25, 0.3) is 0 Å². The zero-order valence-corrected chi connectivity index (χ0v) is 14.5. The Labute approximate surface area is 154 Å². The number of nitrogens with one attached hydrogen (secondary N) is 1. The molecule has 2 rings (SSSR count). The highest BCUT2D eigenvalue weighted by molar-refractivity contribution is 5.94. The van der Waals surface area contributed by atoms with Crippen LogP contribution in [0.4, 0.5) is 28.9 Å². The number of alkyl halides is 3. The molecular formula is C19H17F4N3O. The Morgan fingerprint density at radius 2 is 1.85 bits per heavy atom. The fourth-order valence-electron chi connectivity index (χ4n) is 2.54. The van der Waals surface area contributed by atoms with Crippen molar-refractivity contribution in [3.63, 3.8) is 0 Å². The first kappa shape index (κ1) is 20.2. The molecule has 8 heteroatoms. The molecule has 0 bridgehead atoms. The zero-order valence-electron chi connectivity index (χ0n) is 14.5. The molecule has 0 aliphatic rings. The number of nitrogens with zero attached hydrogens (tertiary/aromatic N) is 2. The number of nitriles is 1. The first-order chi connectivity index (χ1) is 12.7. The summed E-state index contributed by atoms with van der Waals surface area (Å²) in [7, 11) is 0. The monoisotopic (exact) mass is 379 g/mol. The number of hydrogen-bond acceptors (Lipinski definition) is 3. The van der Waals surface area contributed by atoms with E-state index in [0.29, 0.717) is 18.7 Å². The van der Waals surface area contributed by atoms with Gasteiger partial charge in [0, 0.05) is 17.9 Å². The lowest BCUT2D eigenvalue weighted by Crippen LogP contribution is -2.34. The van der Waals surface area contributed by atoms with Crippen LogP contribution < -0.4 is 10.2 Å². The van der Waals surface area contributed by atoms with Gasteiger partial charge in [0.15, 0.2) is 0 Å². The molecule has 0 unspecified atom stereocenters. The third-order valence-corrected chi connectivity index (χ3v) is 3.75. The van der Waals surface area contributed by atoms with E-state index in [9.17, 15) is 22.4 Å². The number of carbonyl (C=O) groups is 1. The summed E-state index contributed by atoms with van der Waals surface area (Å²) in [6.45, 7) is 1.99. The lowest BCUT2D eigenvalue weighted by atomic mass is 10.1. The Morgan fingerprint density at radius 3 is 2.41 bits per heavy atom. The first-order valence-corrected chi connectivity index (χ1v) is 8.16. The first-order valence-electron chi connectivity index (χ1n) is 8.16. The van der Waals surface area contributed by atoms with Crippen LogP contribution in [0.2, 0.25) is 0 Å². The minimum Gasteiger partial charge on any atom is -0.362 e. The smallest absolute Gasteiger partial charge is 0.362 e. The van der Waals surface area contributed by atoms with Gasteiger partial charge >= 0.3 is 6.18 Å². The van der Waals surface area contributed by atoms with Gasteiger partial charge in [-0.2, -0.15) is 18.4 Å². The van der Waals surface area contributed by atoms with Crippen molar-refractivity contribution < 1.29 is 22.4 Å². The van der Waals surface area contributed by atoms with Gasteiger partial charge in [-0.1, -0.05) is 6.92 Å². The van der Waals surface area contributed by atoms with E-state index in [-0.39, 0.29) is 12.2 Å². The summed E-state index contributed by atoms with van der Waals surface area (Å²) < 4.78 is 52.4. The predicted octanol–water partition coefficient (Wildman–Crippen LogP) is 4.57. The van der Waals surface area contributed by atoms with Crippen LogP contribution in [0.3, 0.4) is 0 Å². The van der Waals surface area contributed by atoms with Crippen LogP contribution in [-0.4, -0.2) is 19.0 Å². The molecule has 0 saturated carbocycles. The Hall–Kier alpha value is -3.08. The maximum atomic E-state index is 13.2. The summed E-state index contributed by atoms with van der Waals surface area (Å²) >= 11 is 0. The van der Waals surface area contributed by atoms with Crippen molar-refractivity contribution in [3.8, 4) is 6.07 Å². The summed E-state index contributed by atoms with van der Waals surface area (Å²) in [6.07, 6.45) is -4.07. The van der Waals surface area contributed by atoms with Crippen molar-refractivity contribution >= 4 is 17.3 Å². The van der Waals surface area contributed by atoms with Gasteiger partial charge in [-0.3, -0.25) is 4.79 Å². The van der Waals surface area contributed by atoms with Crippen molar-refractivity contribution in [2.75, 3.05) is 23.3 Å². The fourth-order valence-corrected chi connectivity index (χ4v) is 2.54. The summed E-state index contributed by atoms with van der Waals surface area (Å²) in [5.74, 6) is -0.897. The van der Waals surface area contributed by atoms with Gasteiger partial charge in [-0.15, -0.1) is 0 Å². The second kappa shape index (κ2) is 8.54. The number of hydrogen-bond donors (Lipinski definition) is 1. The molecule has 0 heterocycles. The van der Waals surface area contributed by atoms with E-state index in [0.717, 1.165) is 12.1 Å². The number of anilines is 2. The van der Waals surface area contributed by atoms with Crippen molar-refractivity contribution in [1.29, 1.82) is 5.26 Å². The topological polar surface area (TPSA) is 56.1 Å². The molecule has 27 heavy (non-hydrogen) atoms. The van der Waals surface area contributed by atoms with Crippen LogP contribution in [0, 0.1) is 17.1 Å². The molecule has 0 saturated heterocycles. The maximum Gasteiger partial charge on any atom is 0.417 e. The average Bonchev–Trinajstić information content (AvgIpc) is 2.62. The minimum absolute atomic E-state index is 0.186. The summed E-state index contributed by atoms with van der Waals surface area (Å²) in [5, 5.41) is 11.5. The Kier molecular flexibility index (Phi) is 6.40. The third kappa shape index (κ3) is 5.45. The predicted molar refractivity (Wildman–Crippen MR) is 93.7 cm³/mol. The Morgan fingerprint density at radius 1 is 1.19 bits per heavy atom. The SMILES string of the molecule is CCCN(CC(=O)Nc1ccc(F)cc1)c1ccc(C#N)c(C(F)(F)F)c1. The second-order valence-corrected chi connectivity index (χ2v) is 5.82. The normalized spacial score (nSPS) is 11.0. The lowest BCUT2D eigenvalue weighted by Gasteiger charge is -2.25. The molecule has 1 amide bonds. The molecule has 2 aromatic carbocycles. The molecule has 0 aliphatic carbocycles. The highest BCUT2D eigenvalue weighted by Gasteiger charge is 2.34. The number of benzene rings is 2. The number of carbonyl (C=O) groups excluding carboxylic acids is 1. The van der Waals surface area contributed by atoms with Crippen molar-refractivity contribution in [1.82, 2.24) is 0 Å². The molecule has 2 aromatic rings. The molecule has 0 fully saturated rings. The van der Waals surface area contributed by atoms with Gasteiger partial charge in [0.1, 0.15) is 5.82 Å². The zero-order chi connectivity index (χ0) is 20.0. The van der Waals surface area contributed by atoms with Gasteiger partial charge < -0.3 is 10.2 Å². The molecule has 142 valence electrons. The molecule has 0 spiro atoms. The van der Waals surface area contributed by atoms with E-state index in [4.69, 9.17) is 5.26 Å². The van der Waals surface area contributed by atoms with Gasteiger partial charge in [-0.05, 0) is 48.9 Å². The highest BCUT2D eigenvalue weighted by atomic mass is 19.4. The number of rotatable bonds is 6. The number of amides is 1. The highest BCUT2D eigenvalue weighted by Crippen LogP contribution is 2.34. The van der Waals surface area contributed by atoms with Crippen LogP contribution in [0.15, 0.2) is 42.5 Å².